The van der Waals surface area contributed by atoms with E-state index in [0.717, 1.165) is 11.1 Å². The van der Waals surface area contributed by atoms with Crippen molar-refractivity contribution in [2.24, 2.45) is 0 Å². The van der Waals surface area contributed by atoms with E-state index in [2.05, 4.69) is 0 Å². The minimum absolute atomic E-state index is 0. The van der Waals surface area contributed by atoms with Crippen molar-refractivity contribution < 1.29 is 31.3 Å². The molecule has 3 heteroatoms. The molecular formula is C9H13ClOZr. The Balaban J connectivity index is 0. The maximum absolute atomic E-state index is 9.33. The van der Waals surface area contributed by atoms with Gasteiger partial charge < -0.3 is 5.11 Å². The van der Waals surface area contributed by atoms with E-state index >= 15 is 0 Å². The Morgan fingerprint density at radius 1 is 1.00 bits per heavy atom. The minimum atomic E-state index is 0. The molecular weight excluding hydrogens is 251 g/mol. The van der Waals surface area contributed by atoms with E-state index in [1.54, 1.807) is 0 Å². The number of phenols is 1. The molecule has 0 radical (unpaired) electrons. The molecule has 0 atom stereocenters. The van der Waals surface area contributed by atoms with Crippen LogP contribution in [-0.4, -0.2) is 5.11 Å². The number of phenolic OH excluding ortho intramolecular Hbond substituents is 1. The molecule has 0 aliphatic rings. The van der Waals surface area contributed by atoms with Gasteiger partial charge in [-0.25, -0.2) is 0 Å². The second-order valence-corrected chi connectivity index (χ2v) is 2.75. The second kappa shape index (κ2) is 5.77. The largest absolute Gasteiger partial charge is 0.507 e. The molecule has 1 aromatic carbocycles. The third kappa shape index (κ3) is 3.29. The summed E-state index contributed by atoms with van der Waals surface area (Å²) in [6, 6.07) is 3.95. The second-order valence-electron chi connectivity index (χ2n) is 2.75. The SMILES string of the molecule is Cc1cc(C)c(O)c(C)c1.Cl.[Zr]. The van der Waals surface area contributed by atoms with Gasteiger partial charge in [-0.15, -0.1) is 12.4 Å². The van der Waals surface area contributed by atoms with Gasteiger partial charge in [-0.3, -0.25) is 0 Å². The monoisotopic (exact) mass is 262 g/mol. The Labute approximate surface area is 98.7 Å². The Hall–Kier alpha value is 0.193. The van der Waals surface area contributed by atoms with Gasteiger partial charge in [0.25, 0.3) is 0 Å². The fraction of sp³-hybridized carbons (Fsp3) is 0.333. The molecule has 0 heterocycles. The molecule has 0 unspecified atom stereocenters. The van der Waals surface area contributed by atoms with Crippen LogP contribution in [0.3, 0.4) is 0 Å². The average molecular weight is 264 g/mol. The van der Waals surface area contributed by atoms with Crippen LogP contribution in [-0.2, 0) is 26.2 Å². The van der Waals surface area contributed by atoms with Crippen molar-refractivity contribution in [3.63, 3.8) is 0 Å². The predicted octanol–water partition coefficient (Wildman–Crippen LogP) is 2.74. The van der Waals surface area contributed by atoms with Gasteiger partial charge in [-0.05, 0) is 31.9 Å². The van der Waals surface area contributed by atoms with Crippen molar-refractivity contribution in [1.82, 2.24) is 0 Å². The summed E-state index contributed by atoms with van der Waals surface area (Å²) in [4.78, 5) is 0. The van der Waals surface area contributed by atoms with Crippen LogP contribution in [0.1, 0.15) is 16.7 Å². The van der Waals surface area contributed by atoms with Crippen LogP contribution in [0, 0.1) is 20.8 Å². The molecule has 0 aliphatic carbocycles. The molecule has 0 bridgehead atoms. The molecule has 1 nitrogen and oxygen atoms in total. The molecule has 1 N–H and O–H groups in total. The average Bonchev–Trinajstić information content (AvgIpc) is 1.82. The zero-order valence-electron chi connectivity index (χ0n) is 7.51. The van der Waals surface area contributed by atoms with Crippen LogP contribution in [0.15, 0.2) is 12.1 Å². The van der Waals surface area contributed by atoms with E-state index < -0.39 is 0 Å². The van der Waals surface area contributed by atoms with Crippen molar-refractivity contribution in [3.8, 4) is 5.75 Å². The number of halogens is 1. The van der Waals surface area contributed by atoms with Gasteiger partial charge in [0.15, 0.2) is 0 Å². The van der Waals surface area contributed by atoms with Gasteiger partial charge in [-0.2, -0.15) is 0 Å². The van der Waals surface area contributed by atoms with E-state index in [9.17, 15) is 5.11 Å². The first-order valence-corrected chi connectivity index (χ1v) is 3.38. The summed E-state index contributed by atoms with van der Waals surface area (Å²) in [5.74, 6) is 0.422. The van der Waals surface area contributed by atoms with Crippen molar-refractivity contribution in [2.45, 2.75) is 20.8 Å². The molecule has 66 valence electrons. The van der Waals surface area contributed by atoms with Crippen LogP contribution in [0.25, 0.3) is 0 Å². The first kappa shape index (κ1) is 14.7. The summed E-state index contributed by atoms with van der Waals surface area (Å²) in [5.41, 5.74) is 3.11. The molecule has 0 spiro atoms. The smallest absolute Gasteiger partial charge is 0.121 e. The molecule has 0 saturated carbocycles. The van der Waals surface area contributed by atoms with Gasteiger partial charge in [0, 0.05) is 26.2 Å². The predicted molar refractivity (Wildman–Crippen MR) is 49.6 cm³/mol. The standard InChI is InChI=1S/C9H12O.ClH.Zr/c1-6-4-7(2)9(10)8(3)5-6;;/h4-5,10H,1-3H3;1H;. The Bertz CT molecular complexity index is 238. The fourth-order valence-electron chi connectivity index (χ4n) is 1.17. The quantitative estimate of drug-likeness (QED) is 0.763. The van der Waals surface area contributed by atoms with Gasteiger partial charge in [0.2, 0.25) is 0 Å². The Morgan fingerprint density at radius 3 is 1.67 bits per heavy atom. The maximum Gasteiger partial charge on any atom is 0.121 e. The topological polar surface area (TPSA) is 20.2 Å². The normalized spacial score (nSPS) is 8.25. The number of rotatable bonds is 0. The fourth-order valence-corrected chi connectivity index (χ4v) is 1.17. The molecule has 0 amide bonds. The zero-order chi connectivity index (χ0) is 7.72. The molecule has 0 saturated heterocycles. The van der Waals surface area contributed by atoms with Crippen LogP contribution in [0.5, 0.6) is 5.75 Å². The van der Waals surface area contributed by atoms with E-state index in [0.29, 0.717) is 5.75 Å². The Morgan fingerprint density at radius 2 is 1.33 bits per heavy atom. The van der Waals surface area contributed by atoms with Gasteiger partial charge in [0.05, 0.1) is 0 Å². The van der Waals surface area contributed by atoms with Gasteiger partial charge in [-0.1, -0.05) is 17.7 Å². The molecule has 1 rings (SSSR count). The summed E-state index contributed by atoms with van der Waals surface area (Å²) >= 11 is 0. The summed E-state index contributed by atoms with van der Waals surface area (Å²) in [5, 5.41) is 9.33. The number of aromatic hydroxyl groups is 1. The summed E-state index contributed by atoms with van der Waals surface area (Å²) in [7, 11) is 0. The van der Waals surface area contributed by atoms with Crippen LogP contribution in [0.4, 0.5) is 0 Å². The van der Waals surface area contributed by atoms with Crippen LogP contribution >= 0.6 is 12.4 Å². The third-order valence-corrected chi connectivity index (χ3v) is 1.64. The van der Waals surface area contributed by atoms with Crippen molar-refractivity contribution in [3.05, 3.63) is 28.8 Å². The molecule has 0 aromatic heterocycles. The summed E-state index contributed by atoms with van der Waals surface area (Å²) in [6.07, 6.45) is 0. The first-order chi connectivity index (χ1) is 4.61. The van der Waals surface area contributed by atoms with Crippen LogP contribution in [0.2, 0.25) is 0 Å². The van der Waals surface area contributed by atoms with E-state index in [4.69, 9.17) is 0 Å². The molecule has 0 aliphatic heterocycles. The van der Waals surface area contributed by atoms with Crippen molar-refractivity contribution in [2.75, 3.05) is 0 Å². The Kier molecular flexibility index (Phi) is 7.07. The molecule has 12 heavy (non-hydrogen) atoms. The van der Waals surface area contributed by atoms with E-state index in [1.165, 1.54) is 5.56 Å². The maximum atomic E-state index is 9.33. The van der Waals surface area contributed by atoms with Gasteiger partial charge in [0.1, 0.15) is 5.75 Å². The number of benzene rings is 1. The molecule has 0 fully saturated rings. The zero-order valence-corrected chi connectivity index (χ0v) is 10.8. The third-order valence-electron chi connectivity index (χ3n) is 1.64. The van der Waals surface area contributed by atoms with E-state index in [1.807, 2.05) is 32.9 Å². The van der Waals surface area contributed by atoms with Crippen molar-refractivity contribution >= 4 is 12.4 Å². The number of aryl methyl sites for hydroxylation is 3. The van der Waals surface area contributed by atoms with Gasteiger partial charge >= 0.3 is 0 Å². The van der Waals surface area contributed by atoms with Crippen molar-refractivity contribution in [1.29, 1.82) is 0 Å². The summed E-state index contributed by atoms with van der Waals surface area (Å²) in [6.45, 7) is 5.85. The van der Waals surface area contributed by atoms with Crippen LogP contribution < -0.4 is 0 Å². The number of hydrogen-bond acceptors (Lipinski definition) is 1. The first-order valence-electron chi connectivity index (χ1n) is 3.38. The van der Waals surface area contributed by atoms with E-state index in [-0.39, 0.29) is 38.6 Å². The number of hydrogen-bond donors (Lipinski definition) is 1. The minimum Gasteiger partial charge on any atom is -0.507 e. The summed E-state index contributed by atoms with van der Waals surface area (Å²) < 4.78 is 0. The molecule has 1 aromatic rings.